The Hall–Kier alpha value is -1.97. The molecular weight excluding hydrogens is 392 g/mol. The third-order valence-electron chi connectivity index (χ3n) is 5.36. The number of anilines is 1. The molecule has 9 heteroatoms. The zero-order valence-corrected chi connectivity index (χ0v) is 18.1. The number of nitrogens with two attached hydrogens (primary N) is 1. The molecule has 1 saturated carbocycles. The molecule has 0 bridgehead atoms. The molecule has 1 aliphatic carbocycles. The van der Waals surface area contributed by atoms with Crippen LogP contribution in [-0.2, 0) is 19.6 Å². The van der Waals surface area contributed by atoms with E-state index in [1.54, 1.807) is 24.0 Å². The summed E-state index contributed by atoms with van der Waals surface area (Å²) < 4.78 is 26.5. The molecule has 2 amide bonds. The molecule has 0 aliphatic heterocycles. The Morgan fingerprint density at radius 3 is 2.48 bits per heavy atom. The molecule has 4 N–H and O–H groups in total. The van der Waals surface area contributed by atoms with E-state index in [1.807, 2.05) is 0 Å². The maximum absolute atomic E-state index is 12.5. The van der Waals surface area contributed by atoms with Gasteiger partial charge in [0.15, 0.2) is 0 Å². The van der Waals surface area contributed by atoms with E-state index in [9.17, 15) is 18.0 Å². The maximum Gasteiger partial charge on any atom is 0.240 e. The quantitative estimate of drug-likeness (QED) is 0.527. The molecule has 8 nitrogen and oxygen atoms in total. The van der Waals surface area contributed by atoms with Crippen molar-refractivity contribution in [1.82, 2.24) is 9.62 Å². The first kappa shape index (κ1) is 23.3. The molecule has 1 aromatic carbocycles. The van der Waals surface area contributed by atoms with Crippen molar-refractivity contribution >= 4 is 27.5 Å². The van der Waals surface area contributed by atoms with Crippen molar-refractivity contribution in [2.45, 2.75) is 50.3 Å². The van der Waals surface area contributed by atoms with Gasteiger partial charge in [0.25, 0.3) is 0 Å². The van der Waals surface area contributed by atoms with E-state index >= 15 is 0 Å². The number of rotatable bonds is 10. The Kier molecular flexibility index (Phi) is 8.60. The fourth-order valence-corrected chi connectivity index (χ4v) is 4.75. The van der Waals surface area contributed by atoms with Crippen LogP contribution >= 0.6 is 0 Å². The van der Waals surface area contributed by atoms with Crippen molar-refractivity contribution in [1.29, 1.82) is 0 Å². The van der Waals surface area contributed by atoms with Gasteiger partial charge < -0.3 is 11.1 Å². The summed E-state index contributed by atoms with van der Waals surface area (Å²) in [5.74, 6) is -0.153. The fraction of sp³-hybridized carbons (Fsp3) is 0.600. The van der Waals surface area contributed by atoms with Gasteiger partial charge in [-0.05, 0) is 50.6 Å². The molecule has 1 fully saturated rings. The Bertz CT molecular complexity index is 820. The smallest absolute Gasteiger partial charge is 0.240 e. The van der Waals surface area contributed by atoms with Gasteiger partial charge in [-0.3, -0.25) is 14.5 Å². The second-order valence-corrected chi connectivity index (χ2v) is 9.56. The third-order valence-corrected chi connectivity index (χ3v) is 6.91. The van der Waals surface area contributed by atoms with E-state index in [4.69, 9.17) is 5.73 Å². The fourth-order valence-electron chi connectivity index (χ4n) is 3.76. The topological polar surface area (TPSA) is 122 Å². The lowest BCUT2D eigenvalue weighted by Gasteiger charge is -2.26. The normalized spacial score (nSPS) is 15.4. The number of nitrogens with one attached hydrogen (secondary N) is 2. The average molecular weight is 425 g/mol. The Balaban J connectivity index is 2.00. The number of amides is 2. The van der Waals surface area contributed by atoms with Crippen molar-refractivity contribution in [3.8, 4) is 0 Å². The SMILES string of the molecule is CNS(=O)(=O)c1cc(NC(=O)CN(CCC2CCCCC2)CC(N)=O)ccc1C. The minimum Gasteiger partial charge on any atom is -0.369 e. The summed E-state index contributed by atoms with van der Waals surface area (Å²) in [7, 11) is -2.28. The highest BCUT2D eigenvalue weighted by Gasteiger charge is 2.19. The van der Waals surface area contributed by atoms with Crippen molar-refractivity contribution in [3.05, 3.63) is 23.8 Å². The van der Waals surface area contributed by atoms with Crippen LogP contribution in [0.4, 0.5) is 5.69 Å². The van der Waals surface area contributed by atoms with Gasteiger partial charge in [-0.2, -0.15) is 0 Å². The van der Waals surface area contributed by atoms with Crippen molar-refractivity contribution in [2.24, 2.45) is 11.7 Å². The average Bonchev–Trinajstić information content (AvgIpc) is 2.68. The summed E-state index contributed by atoms with van der Waals surface area (Å²) >= 11 is 0. The number of hydrogen-bond donors (Lipinski definition) is 3. The predicted molar refractivity (Wildman–Crippen MR) is 113 cm³/mol. The largest absolute Gasteiger partial charge is 0.369 e. The van der Waals surface area contributed by atoms with Crippen molar-refractivity contribution in [3.63, 3.8) is 0 Å². The van der Waals surface area contributed by atoms with Crippen LogP contribution in [0.1, 0.15) is 44.1 Å². The number of hydrogen-bond acceptors (Lipinski definition) is 5. The van der Waals surface area contributed by atoms with Crippen molar-refractivity contribution in [2.75, 3.05) is 32.0 Å². The molecule has 0 saturated heterocycles. The van der Waals surface area contributed by atoms with Crippen LogP contribution in [0.25, 0.3) is 0 Å². The number of benzene rings is 1. The molecule has 0 heterocycles. The van der Waals surface area contributed by atoms with Gasteiger partial charge in [0.2, 0.25) is 21.8 Å². The Labute approximate surface area is 173 Å². The van der Waals surface area contributed by atoms with Gasteiger partial charge >= 0.3 is 0 Å². The lowest BCUT2D eigenvalue weighted by atomic mass is 9.87. The molecule has 1 aromatic rings. The number of primary amides is 1. The van der Waals surface area contributed by atoms with Crippen LogP contribution < -0.4 is 15.8 Å². The highest BCUT2D eigenvalue weighted by atomic mass is 32.2. The van der Waals surface area contributed by atoms with Gasteiger partial charge in [0, 0.05) is 5.69 Å². The highest BCUT2D eigenvalue weighted by molar-refractivity contribution is 7.89. The number of carbonyl (C=O) groups excluding carboxylic acids is 2. The first-order valence-corrected chi connectivity index (χ1v) is 11.5. The van der Waals surface area contributed by atoms with Crippen LogP contribution in [0, 0.1) is 12.8 Å². The molecule has 0 spiro atoms. The molecule has 162 valence electrons. The minimum absolute atomic E-state index is 0.0213. The molecule has 0 aromatic heterocycles. The van der Waals surface area contributed by atoms with Gasteiger partial charge in [0.1, 0.15) is 0 Å². The first-order valence-electron chi connectivity index (χ1n) is 10.1. The zero-order valence-electron chi connectivity index (χ0n) is 17.2. The lowest BCUT2D eigenvalue weighted by Crippen LogP contribution is -2.40. The van der Waals surface area contributed by atoms with Gasteiger partial charge in [0.05, 0.1) is 18.0 Å². The first-order chi connectivity index (χ1) is 13.7. The van der Waals surface area contributed by atoms with Gasteiger partial charge in [-0.1, -0.05) is 38.2 Å². The van der Waals surface area contributed by atoms with E-state index in [0.717, 1.165) is 6.42 Å². The van der Waals surface area contributed by atoms with Crippen molar-refractivity contribution < 1.29 is 18.0 Å². The molecular formula is C20H32N4O4S. The molecule has 0 atom stereocenters. The third kappa shape index (κ3) is 7.41. The monoisotopic (exact) mass is 424 g/mol. The van der Waals surface area contributed by atoms with Crippen LogP contribution in [0.2, 0.25) is 0 Å². The minimum atomic E-state index is -3.62. The second-order valence-electron chi connectivity index (χ2n) is 7.71. The highest BCUT2D eigenvalue weighted by Crippen LogP contribution is 2.26. The van der Waals surface area contributed by atoms with E-state index in [-0.39, 0.29) is 23.9 Å². The van der Waals surface area contributed by atoms with Crippen LogP contribution in [0.15, 0.2) is 23.1 Å². The maximum atomic E-state index is 12.5. The van der Waals surface area contributed by atoms with E-state index in [0.29, 0.717) is 23.7 Å². The predicted octanol–water partition coefficient (Wildman–Crippen LogP) is 1.60. The Morgan fingerprint density at radius 1 is 1.17 bits per heavy atom. The van der Waals surface area contributed by atoms with E-state index in [2.05, 4.69) is 10.0 Å². The zero-order chi connectivity index (χ0) is 21.4. The number of nitrogens with zero attached hydrogens (tertiary/aromatic N) is 1. The summed E-state index contributed by atoms with van der Waals surface area (Å²) in [5, 5.41) is 2.72. The lowest BCUT2D eigenvalue weighted by molar-refractivity contribution is -0.121. The van der Waals surface area contributed by atoms with E-state index < -0.39 is 15.9 Å². The number of aryl methyl sites for hydroxylation is 1. The Morgan fingerprint density at radius 2 is 1.86 bits per heavy atom. The summed E-state index contributed by atoms with van der Waals surface area (Å²) in [6.45, 7) is 2.37. The van der Waals surface area contributed by atoms with Crippen LogP contribution in [0.5, 0.6) is 0 Å². The standard InChI is InChI=1S/C20H32N4O4S/c1-15-8-9-17(12-18(15)29(27,28)22-2)23-20(26)14-24(13-19(21)25)11-10-16-6-4-3-5-7-16/h8-9,12,16,22H,3-7,10-11,13-14H2,1-2H3,(H2,21,25)(H,23,26). The van der Waals surface area contributed by atoms with Crippen LogP contribution in [-0.4, -0.2) is 51.8 Å². The van der Waals surface area contributed by atoms with Crippen LogP contribution in [0.3, 0.4) is 0 Å². The summed E-state index contributed by atoms with van der Waals surface area (Å²) in [6, 6.07) is 4.73. The molecule has 0 unspecified atom stereocenters. The molecule has 0 radical (unpaired) electrons. The van der Waals surface area contributed by atoms with Gasteiger partial charge in [-0.15, -0.1) is 0 Å². The molecule has 2 rings (SSSR count). The summed E-state index contributed by atoms with van der Waals surface area (Å²) in [5.41, 5.74) is 6.32. The summed E-state index contributed by atoms with van der Waals surface area (Å²) in [4.78, 5) is 25.8. The molecule has 1 aliphatic rings. The number of carbonyl (C=O) groups is 2. The molecule has 29 heavy (non-hydrogen) atoms. The van der Waals surface area contributed by atoms with E-state index in [1.165, 1.54) is 45.2 Å². The second kappa shape index (κ2) is 10.7. The number of sulfonamides is 1. The summed E-state index contributed by atoms with van der Waals surface area (Å²) in [6.07, 6.45) is 7.10. The van der Waals surface area contributed by atoms with Gasteiger partial charge in [-0.25, -0.2) is 13.1 Å².